The number of carbonyl (C=O) groups excluding carboxylic acids is 2. The van der Waals surface area contributed by atoms with Gasteiger partial charge in [-0.3, -0.25) is 9.59 Å². The Hall–Kier alpha value is -3.52. The molecule has 0 aliphatic carbocycles. The minimum atomic E-state index is -0.961. The number of aromatic nitrogens is 1. The number of carboxylic acids is 1. The first-order valence-electron chi connectivity index (χ1n) is 11.6. The molecule has 1 aliphatic heterocycles. The van der Waals surface area contributed by atoms with E-state index in [0.717, 1.165) is 21.7 Å². The van der Waals surface area contributed by atoms with Crippen molar-refractivity contribution in [1.82, 2.24) is 15.2 Å². The van der Waals surface area contributed by atoms with E-state index in [1.54, 1.807) is 0 Å². The number of aliphatic carboxylic acids is 1. The summed E-state index contributed by atoms with van der Waals surface area (Å²) in [7, 11) is 0. The second-order valence-corrected chi connectivity index (χ2v) is 10.3. The van der Waals surface area contributed by atoms with Crippen molar-refractivity contribution in [3.05, 3.63) is 76.3 Å². The molecule has 1 atom stereocenters. The van der Waals surface area contributed by atoms with E-state index in [4.69, 9.17) is 0 Å². The van der Waals surface area contributed by atoms with Crippen LogP contribution in [0.2, 0.25) is 0 Å². The lowest BCUT2D eigenvalue weighted by Gasteiger charge is -2.32. The zero-order chi connectivity index (χ0) is 25.2. The zero-order valence-electron chi connectivity index (χ0n) is 20.1. The number of likely N-dealkylation sites (tertiary alicyclic amines) is 1. The second kappa shape index (κ2) is 10.00. The Morgan fingerprint density at radius 3 is 2.60 bits per heavy atom. The number of carbonyl (C=O) groups is 3. The number of carboxylic acid groups (broad SMARTS) is 1. The SMILES string of the molecule is Cc1nc(-c2ccccc2)sc1C(=O)NCc1cccc(C(C)(C)C(=O)N2CCC[C@@H]2C(=O)O)c1. The predicted octanol–water partition coefficient (Wildman–Crippen LogP) is 4.40. The van der Waals surface area contributed by atoms with Gasteiger partial charge in [0.05, 0.1) is 11.1 Å². The summed E-state index contributed by atoms with van der Waals surface area (Å²) >= 11 is 1.36. The summed E-state index contributed by atoms with van der Waals surface area (Å²) in [4.78, 5) is 44.4. The van der Waals surface area contributed by atoms with E-state index in [0.29, 0.717) is 36.5 Å². The maximum Gasteiger partial charge on any atom is 0.326 e. The molecule has 2 aromatic carbocycles. The highest BCUT2D eigenvalue weighted by molar-refractivity contribution is 7.17. The highest BCUT2D eigenvalue weighted by Gasteiger charge is 2.41. The van der Waals surface area contributed by atoms with Crippen molar-refractivity contribution in [2.75, 3.05) is 6.54 Å². The van der Waals surface area contributed by atoms with Gasteiger partial charge < -0.3 is 15.3 Å². The number of amides is 2. The van der Waals surface area contributed by atoms with Crippen molar-refractivity contribution in [1.29, 1.82) is 0 Å². The van der Waals surface area contributed by atoms with Crippen LogP contribution in [0.1, 0.15) is 53.2 Å². The Balaban J connectivity index is 1.46. The molecule has 1 aromatic heterocycles. The van der Waals surface area contributed by atoms with Gasteiger partial charge in [-0.2, -0.15) is 0 Å². The van der Waals surface area contributed by atoms with Crippen LogP contribution >= 0.6 is 11.3 Å². The van der Waals surface area contributed by atoms with Crippen LogP contribution in [-0.4, -0.2) is 45.4 Å². The predicted molar refractivity (Wildman–Crippen MR) is 135 cm³/mol. The molecule has 0 saturated carbocycles. The maximum absolute atomic E-state index is 13.3. The highest BCUT2D eigenvalue weighted by Crippen LogP contribution is 2.31. The van der Waals surface area contributed by atoms with E-state index >= 15 is 0 Å². The Kier molecular flexibility index (Phi) is 7.03. The number of nitrogens with one attached hydrogen (secondary N) is 1. The summed E-state index contributed by atoms with van der Waals surface area (Å²) < 4.78 is 0. The summed E-state index contributed by atoms with van der Waals surface area (Å²) in [6.07, 6.45) is 1.17. The largest absolute Gasteiger partial charge is 0.480 e. The molecule has 0 radical (unpaired) electrons. The Morgan fingerprint density at radius 1 is 1.14 bits per heavy atom. The fraction of sp³-hybridized carbons (Fsp3) is 0.333. The van der Waals surface area contributed by atoms with Gasteiger partial charge in [0.2, 0.25) is 5.91 Å². The lowest BCUT2D eigenvalue weighted by atomic mass is 9.82. The molecule has 0 unspecified atom stereocenters. The Morgan fingerprint density at radius 2 is 1.89 bits per heavy atom. The molecule has 1 saturated heterocycles. The first kappa shape index (κ1) is 24.6. The van der Waals surface area contributed by atoms with Gasteiger partial charge >= 0.3 is 5.97 Å². The molecule has 35 heavy (non-hydrogen) atoms. The van der Waals surface area contributed by atoms with Crippen molar-refractivity contribution < 1.29 is 19.5 Å². The quantitative estimate of drug-likeness (QED) is 0.510. The van der Waals surface area contributed by atoms with Crippen LogP contribution in [0, 0.1) is 6.92 Å². The molecule has 4 rings (SSSR count). The number of aryl methyl sites for hydroxylation is 1. The van der Waals surface area contributed by atoms with E-state index in [2.05, 4.69) is 10.3 Å². The average Bonchev–Trinajstić information content (AvgIpc) is 3.50. The third-order valence-corrected chi connectivity index (χ3v) is 7.66. The molecule has 182 valence electrons. The third-order valence-electron chi connectivity index (χ3n) is 6.46. The smallest absolute Gasteiger partial charge is 0.326 e. The van der Waals surface area contributed by atoms with Crippen LogP contribution in [0.3, 0.4) is 0 Å². The maximum atomic E-state index is 13.3. The van der Waals surface area contributed by atoms with Gasteiger partial charge in [0.1, 0.15) is 15.9 Å². The van der Waals surface area contributed by atoms with Gasteiger partial charge in [-0.15, -0.1) is 11.3 Å². The van der Waals surface area contributed by atoms with Gasteiger partial charge in [-0.25, -0.2) is 9.78 Å². The van der Waals surface area contributed by atoms with Gasteiger partial charge in [0.15, 0.2) is 0 Å². The molecular weight excluding hydrogens is 462 g/mol. The summed E-state index contributed by atoms with van der Waals surface area (Å²) in [5.41, 5.74) is 2.41. The van der Waals surface area contributed by atoms with Crippen molar-refractivity contribution in [2.24, 2.45) is 0 Å². The van der Waals surface area contributed by atoms with Crippen LogP contribution in [0.25, 0.3) is 10.6 Å². The van der Waals surface area contributed by atoms with Gasteiger partial charge in [-0.1, -0.05) is 54.6 Å². The fourth-order valence-corrected chi connectivity index (χ4v) is 5.38. The highest BCUT2D eigenvalue weighted by atomic mass is 32.1. The summed E-state index contributed by atoms with van der Waals surface area (Å²) in [6.45, 7) is 6.21. The minimum Gasteiger partial charge on any atom is -0.480 e. The summed E-state index contributed by atoms with van der Waals surface area (Å²) in [5.74, 6) is -1.35. The van der Waals surface area contributed by atoms with Crippen molar-refractivity contribution in [2.45, 2.75) is 51.6 Å². The van der Waals surface area contributed by atoms with Gasteiger partial charge in [-0.05, 0) is 44.7 Å². The third kappa shape index (κ3) is 5.12. The average molecular weight is 492 g/mol. The molecule has 3 aromatic rings. The monoisotopic (exact) mass is 491 g/mol. The summed E-state index contributed by atoms with van der Waals surface area (Å²) in [5, 5.41) is 13.2. The Bertz CT molecular complexity index is 1250. The van der Waals surface area contributed by atoms with Gasteiger partial charge in [0, 0.05) is 18.7 Å². The van der Waals surface area contributed by atoms with Crippen molar-refractivity contribution in [3.63, 3.8) is 0 Å². The zero-order valence-corrected chi connectivity index (χ0v) is 20.9. The van der Waals surface area contributed by atoms with E-state index in [1.807, 2.05) is 75.4 Å². The standard InChI is InChI=1S/C27H29N3O4S/c1-17-22(35-24(29-17)19-10-5-4-6-11-19)23(31)28-16-18-9-7-12-20(15-18)27(2,3)26(34)30-14-8-13-21(30)25(32)33/h4-7,9-12,15,21H,8,13-14,16H2,1-3H3,(H,28,31)(H,32,33)/t21-/m1/s1. The number of rotatable bonds is 7. The second-order valence-electron chi connectivity index (χ2n) is 9.30. The van der Waals surface area contributed by atoms with Crippen LogP contribution in [0.15, 0.2) is 54.6 Å². The van der Waals surface area contributed by atoms with Crippen LogP contribution in [0.4, 0.5) is 0 Å². The van der Waals surface area contributed by atoms with Crippen LogP contribution in [0.5, 0.6) is 0 Å². The molecule has 0 bridgehead atoms. The molecule has 8 heteroatoms. The lowest BCUT2D eigenvalue weighted by molar-refractivity contribution is -0.150. The van der Waals surface area contributed by atoms with E-state index in [-0.39, 0.29) is 11.8 Å². The molecule has 2 amide bonds. The van der Waals surface area contributed by atoms with Gasteiger partial charge in [0.25, 0.3) is 5.91 Å². The van der Waals surface area contributed by atoms with Crippen molar-refractivity contribution >= 4 is 29.1 Å². The molecule has 0 spiro atoms. The normalized spacial score (nSPS) is 15.7. The first-order valence-corrected chi connectivity index (χ1v) is 12.4. The summed E-state index contributed by atoms with van der Waals surface area (Å²) in [6, 6.07) is 16.5. The van der Waals surface area contributed by atoms with E-state index in [9.17, 15) is 19.5 Å². The van der Waals surface area contributed by atoms with Crippen LogP contribution < -0.4 is 5.32 Å². The number of hydrogen-bond donors (Lipinski definition) is 2. The molecular formula is C27H29N3O4S. The number of nitrogens with zero attached hydrogens (tertiary/aromatic N) is 2. The number of benzene rings is 2. The van der Waals surface area contributed by atoms with Crippen LogP contribution in [-0.2, 0) is 21.5 Å². The first-order chi connectivity index (χ1) is 16.7. The topological polar surface area (TPSA) is 99.6 Å². The van der Waals surface area contributed by atoms with E-state index < -0.39 is 17.4 Å². The molecule has 2 heterocycles. The number of thiazole rings is 1. The minimum absolute atomic E-state index is 0.190. The molecule has 2 N–H and O–H groups in total. The Labute approximate surface area is 208 Å². The van der Waals surface area contributed by atoms with E-state index in [1.165, 1.54) is 16.2 Å². The van der Waals surface area contributed by atoms with Crippen molar-refractivity contribution in [3.8, 4) is 10.6 Å². The molecule has 7 nitrogen and oxygen atoms in total. The molecule has 1 fully saturated rings. The number of hydrogen-bond acceptors (Lipinski definition) is 5. The lowest BCUT2D eigenvalue weighted by Crippen LogP contribution is -2.48. The fourth-order valence-electron chi connectivity index (χ4n) is 4.39. The molecule has 1 aliphatic rings.